The van der Waals surface area contributed by atoms with Gasteiger partial charge in [0.1, 0.15) is 12.4 Å². The predicted octanol–water partition coefficient (Wildman–Crippen LogP) is 4.85. The van der Waals surface area contributed by atoms with Crippen LogP contribution < -0.4 is 4.74 Å². The number of imide groups is 1. The van der Waals surface area contributed by atoms with Crippen LogP contribution >= 0.6 is 23.2 Å². The van der Waals surface area contributed by atoms with Gasteiger partial charge in [-0.1, -0.05) is 47.5 Å². The van der Waals surface area contributed by atoms with E-state index in [4.69, 9.17) is 27.9 Å². The van der Waals surface area contributed by atoms with E-state index in [1.165, 1.54) is 18.3 Å². The molecule has 2 aliphatic carbocycles. The third kappa shape index (κ3) is 3.54. The molecule has 2 amide bonds. The zero-order valence-corrected chi connectivity index (χ0v) is 17.7. The van der Waals surface area contributed by atoms with Crippen molar-refractivity contribution in [3.8, 4) is 5.75 Å². The van der Waals surface area contributed by atoms with E-state index in [2.05, 4.69) is 5.10 Å². The van der Waals surface area contributed by atoms with Crippen LogP contribution in [-0.4, -0.2) is 23.0 Å². The molecule has 1 heterocycles. The van der Waals surface area contributed by atoms with E-state index in [1.54, 1.807) is 24.3 Å². The highest BCUT2D eigenvalue weighted by atomic mass is 35.5. The van der Waals surface area contributed by atoms with Crippen molar-refractivity contribution in [2.45, 2.75) is 13.0 Å². The number of hydrogen-bond donors (Lipinski definition) is 0. The van der Waals surface area contributed by atoms with E-state index in [1.807, 2.05) is 12.2 Å². The lowest BCUT2D eigenvalue weighted by Gasteiger charge is -2.13. The molecule has 1 saturated heterocycles. The van der Waals surface area contributed by atoms with Crippen molar-refractivity contribution < 1.29 is 18.7 Å². The second-order valence-electron chi connectivity index (χ2n) is 7.96. The maximum absolute atomic E-state index is 13.0. The molecule has 0 aromatic heterocycles. The Morgan fingerprint density at radius 2 is 1.61 bits per heavy atom. The van der Waals surface area contributed by atoms with Crippen molar-refractivity contribution in [1.29, 1.82) is 0 Å². The lowest BCUT2D eigenvalue weighted by atomic mass is 9.85. The fourth-order valence-electron chi connectivity index (χ4n) is 4.65. The molecule has 1 saturated carbocycles. The van der Waals surface area contributed by atoms with Crippen LogP contribution in [0.5, 0.6) is 5.75 Å². The van der Waals surface area contributed by atoms with E-state index in [0.717, 1.165) is 17.0 Å². The zero-order valence-electron chi connectivity index (χ0n) is 16.2. The Labute approximate surface area is 188 Å². The van der Waals surface area contributed by atoms with E-state index in [9.17, 15) is 14.0 Å². The summed E-state index contributed by atoms with van der Waals surface area (Å²) in [4.78, 5) is 25.4. The summed E-state index contributed by atoms with van der Waals surface area (Å²) in [6.45, 7) is 0.170. The second-order valence-corrected chi connectivity index (χ2v) is 8.78. The van der Waals surface area contributed by atoms with Crippen molar-refractivity contribution in [3.05, 3.63) is 75.5 Å². The Bertz CT molecular complexity index is 1080. The number of allylic oxidation sites excluding steroid dienone is 2. The molecule has 1 aliphatic heterocycles. The number of hydrazone groups is 1. The highest BCUT2D eigenvalue weighted by Crippen LogP contribution is 2.52. The Hall–Kier alpha value is -2.70. The van der Waals surface area contributed by atoms with Gasteiger partial charge >= 0.3 is 0 Å². The quantitative estimate of drug-likeness (QED) is 0.365. The first-order valence-corrected chi connectivity index (χ1v) is 10.6. The first-order valence-electron chi connectivity index (χ1n) is 9.89. The summed E-state index contributed by atoms with van der Waals surface area (Å²) in [6.07, 6.45) is 6.34. The molecule has 3 aliphatic rings. The van der Waals surface area contributed by atoms with Crippen molar-refractivity contribution >= 4 is 41.2 Å². The normalized spacial score (nSPS) is 26.4. The molecule has 158 valence electrons. The molecule has 0 radical (unpaired) electrons. The van der Waals surface area contributed by atoms with Gasteiger partial charge in [-0.25, -0.2) is 4.39 Å². The van der Waals surface area contributed by atoms with Crippen LogP contribution in [0.3, 0.4) is 0 Å². The van der Waals surface area contributed by atoms with Crippen molar-refractivity contribution in [2.75, 3.05) is 0 Å². The fraction of sp³-hybridized carbons (Fsp3) is 0.261. The smallest absolute Gasteiger partial charge is 0.254 e. The molecule has 4 atom stereocenters. The SMILES string of the molecule is O=C1C2C3C=CC(C3)C2C(=O)N1N=Cc1cc(Cl)c(OCc2ccc(F)cc2)c(Cl)c1. The minimum absolute atomic E-state index is 0.132. The Morgan fingerprint density at radius 1 is 1.03 bits per heavy atom. The number of fused-ring (bicyclic) bond motifs is 5. The summed E-state index contributed by atoms with van der Waals surface area (Å²) < 4.78 is 18.7. The van der Waals surface area contributed by atoms with Crippen LogP contribution in [0.15, 0.2) is 53.7 Å². The minimum atomic E-state index is -0.328. The molecule has 0 spiro atoms. The standard InChI is InChI=1S/C23H17Cl2FN2O3/c24-17-7-13(8-18(25)21(17)31-11-12-1-5-16(26)6-2-12)10-27-28-22(29)19-14-3-4-15(9-14)20(19)23(28)30/h1-8,10,14-15,19-20H,9,11H2. The zero-order chi connectivity index (χ0) is 21.7. The molecular weight excluding hydrogens is 442 g/mol. The topological polar surface area (TPSA) is 59.0 Å². The number of ether oxygens (including phenoxy) is 1. The van der Waals surface area contributed by atoms with Gasteiger partial charge in [0.2, 0.25) is 0 Å². The molecule has 31 heavy (non-hydrogen) atoms. The Kier molecular flexibility index (Phi) is 5.07. The van der Waals surface area contributed by atoms with Crippen LogP contribution in [0.2, 0.25) is 10.0 Å². The highest BCUT2D eigenvalue weighted by molar-refractivity contribution is 6.37. The van der Waals surface area contributed by atoms with Gasteiger partial charge in [0.25, 0.3) is 11.8 Å². The molecule has 2 fully saturated rings. The van der Waals surface area contributed by atoms with E-state index < -0.39 is 0 Å². The average Bonchev–Trinajstić information content (AvgIpc) is 3.42. The first kappa shape index (κ1) is 20.2. The molecule has 2 aromatic rings. The lowest BCUT2D eigenvalue weighted by molar-refractivity contribution is -0.140. The van der Waals surface area contributed by atoms with Gasteiger partial charge in [-0.3, -0.25) is 9.59 Å². The van der Waals surface area contributed by atoms with Crippen LogP contribution in [0.1, 0.15) is 17.5 Å². The van der Waals surface area contributed by atoms with Crippen LogP contribution in [0.4, 0.5) is 4.39 Å². The third-order valence-electron chi connectivity index (χ3n) is 6.09. The maximum atomic E-state index is 13.0. The number of nitrogens with zero attached hydrogens (tertiary/aromatic N) is 2. The van der Waals surface area contributed by atoms with E-state index in [0.29, 0.717) is 5.56 Å². The molecule has 5 nitrogen and oxygen atoms in total. The molecule has 2 bridgehead atoms. The second kappa shape index (κ2) is 7.77. The van der Waals surface area contributed by atoms with Gasteiger partial charge in [0.15, 0.2) is 5.75 Å². The first-order chi connectivity index (χ1) is 14.9. The lowest BCUT2D eigenvalue weighted by Crippen LogP contribution is -2.28. The number of benzene rings is 2. The summed E-state index contributed by atoms with van der Waals surface area (Å²) in [5, 5.41) is 5.63. The van der Waals surface area contributed by atoms with Gasteiger partial charge in [-0.15, -0.1) is 0 Å². The monoisotopic (exact) mass is 458 g/mol. The van der Waals surface area contributed by atoms with Gasteiger partial charge in [-0.2, -0.15) is 10.1 Å². The predicted molar refractivity (Wildman–Crippen MR) is 114 cm³/mol. The van der Waals surface area contributed by atoms with Gasteiger partial charge in [0, 0.05) is 0 Å². The Balaban J connectivity index is 1.30. The maximum Gasteiger partial charge on any atom is 0.254 e. The van der Waals surface area contributed by atoms with E-state index in [-0.39, 0.29) is 63.7 Å². The number of carbonyl (C=O) groups is 2. The summed E-state index contributed by atoms with van der Waals surface area (Å²) >= 11 is 12.6. The molecule has 8 heteroatoms. The summed E-state index contributed by atoms with van der Waals surface area (Å²) in [5.74, 6) is -0.871. The van der Waals surface area contributed by atoms with Gasteiger partial charge in [-0.05, 0) is 53.6 Å². The molecule has 2 aromatic carbocycles. The van der Waals surface area contributed by atoms with Crippen LogP contribution in [0, 0.1) is 29.5 Å². The Morgan fingerprint density at radius 3 is 2.19 bits per heavy atom. The average molecular weight is 459 g/mol. The summed E-state index contributed by atoms with van der Waals surface area (Å²) in [6, 6.07) is 9.09. The number of carbonyl (C=O) groups excluding carboxylic acids is 2. The number of rotatable bonds is 5. The van der Waals surface area contributed by atoms with Gasteiger partial charge < -0.3 is 4.74 Å². The molecule has 4 unspecified atom stereocenters. The summed E-state index contributed by atoms with van der Waals surface area (Å²) in [5.41, 5.74) is 1.29. The largest absolute Gasteiger partial charge is 0.486 e. The molecular formula is C23H17Cl2FN2O3. The highest BCUT2D eigenvalue weighted by Gasteiger charge is 2.59. The van der Waals surface area contributed by atoms with Crippen LogP contribution in [-0.2, 0) is 16.2 Å². The van der Waals surface area contributed by atoms with Crippen molar-refractivity contribution in [3.63, 3.8) is 0 Å². The number of amides is 2. The van der Waals surface area contributed by atoms with Gasteiger partial charge in [0.05, 0.1) is 28.1 Å². The molecule has 5 rings (SSSR count). The van der Waals surface area contributed by atoms with Crippen LogP contribution in [0.25, 0.3) is 0 Å². The molecule has 0 N–H and O–H groups in total. The third-order valence-corrected chi connectivity index (χ3v) is 6.65. The summed E-state index contributed by atoms with van der Waals surface area (Å²) in [7, 11) is 0. The van der Waals surface area contributed by atoms with E-state index >= 15 is 0 Å². The fourth-order valence-corrected chi connectivity index (χ4v) is 5.27. The minimum Gasteiger partial charge on any atom is -0.486 e. The van der Waals surface area contributed by atoms with Crippen molar-refractivity contribution in [2.24, 2.45) is 28.8 Å². The number of halogens is 3. The van der Waals surface area contributed by atoms with Crippen molar-refractivity contribution in [1.82, 2.24) is 5.01 Å². The number of hydrogen-bond acceptors (Lipinski definition) is 4.